The molecule has 0 unspecified atom stereocenters. The predicted octanol–water partition coefficient (Wildman–Crippen LogP) is 7.34. The quantitative estimate of drug-likeness (QED) is 0.313. The van der Waals surface area contributed by atoms with Crippen molar-refractivity contribution in [1.29, 1.82) is 0 Å². The second-order valence-corrected chi connectivity index (χ2v) is 14.3. The van der Waals surface area contributed by atoms with Gasteiger partial charge in [0, 0.05) is 17.9 Å². The molecule has 1 aromatic rings. The average Bonchev–Trinajstić information content (AvgIpc) is 2.78. The van der Waals surface area contributed by atoms with Crippen molar-refractivity contribution in [3.8, 4) is 5.75 Å². The second-order valence-electron chi connectivity index (χ2n) is 9.57. The van der Waals surface area contributed by atoms with Crippen LogP contribution in [0.15, 0.2) is 41.7 Å². The fraction of sp³-hybridized carbons (Fsp3) is 0.593. The highest BCUT2D eigenvalue weighted by Crippen LogP contribution is 2.46. The van der Waals surface area contributed by atoms with Crippen molar-refractivity contribution in [3.63, 3.8) is 0 Å². The van der Waals surface area contributed by atoms with Gasteiger partial charge < -0.3 is 9.16 Å². The van der Waals surface area contributed by atoms with Crippen molar-refractivity contribution in [1.82, 2.24) is 0 Å². The van der Waals surface area contributed by atoms with Gasteiger partial charge in [-0.15, -0.1) is 0 Å². The minimum atomic E-state index is -1.76. The molecular formula is C27H40O3Si. The lowest BCUT2D eigenvalue weighted by Gasteiger charge is -2.41. The van der Waals surface area contributed by atoms with E-state index in [-0.39, 0.29) is 11.8 Å². The first-order chi connectivity index (χ1) is 14.8. The first-order valence-corrected chi connectivity index (χ1v) is 14.6. The molecule has 0 spiro atoms. The normalized spacial score (nSPS) is 24.1. The van der Waals surface area contributed by atoms with Gasteiger partial charge in [-0.2, -0.15) is 0 Å². The molecule has 31 heavy (non-hydrogen) atoms. The van der Waals surface area contributed by atoms with E-state index in [1.807, 2.05) is 18.2 Å². The summed E-state index contributed by atoms with van der Waals surface area (Å²) in [5.74, 6) is 2.96. The van der Waals surface area contributed by atoms with E-state index < -0.39 is 8.32 Å². The number of carbonyl (C=O) groups excluding carboxylic acids is 1. The molecule has 2 aliphatic rings. The molecule has 0 heterocycles. The van der Waals surface area contributed by atoms with Gasteiger partial charge in [0.2, 0.25) is 8.32 Å². The highest BCUT2D eigenvalue weighted by atomic mass is 28.4. The Kier molecular flexibility index (Phi) is 7.51. The molecule has 0 fully saturated rings. The zero-order valence-electron chi connectivity index (χ0n) is 20.3. The van der Waals surface area contributed by atoms with Crippen LogP contribution in [-0.2, 0) is 10.8 Å². The van der Waals surface area contributed by atoms with Gasteiger partial charge in [-0.25, -0.2) is 0 Å². The second kappa shape index (κ2) is 9.77. The molecular weight excluding hydrogens is 400 g/mol. The number of Topliss-reactive ketones (excluding diaryl/α,β-unsaturated/α-hetero) is 1. The van der Waals surface area contributed by atoms with Crippen molar-refractivity contribution < 1.29 is 14.0 Å². The van der Waals surface area contributed by atoms with Crippen LogP contribution in [0.3, 0.4) is 0 Å². The Morgan fingerprint density at radius 1 is 1.16 bits per heavy atom. The Morgan fingerprint density at radius 3 is 2.42 bits per heavy atom. The third-order valence-electron chi connectivity index (χ3n) is 8.06. The number of ether oxygens (including phenoxy) is 1. The molecule has 0 saturated carbocycles. The topological polar surface area (TPSA) is 35.5 Å². The maximum atomic E-state index is 13.6. The summed E-state index contributed by atoms with van der Waals surface area (Å²) in [5.41, 5.74) is 4.54. The Hall–Kier alpha value is -1.81. The number of hydrogen-bond acceptors (Lipinski definition) is 3. The number of benzene rings is 1. The maximum Gasteiger partial charge on any atom is 0.250 e. The molecule has 1 aromatic carbocycles. The average molecular weight is 441 g/mol. The Labute approximate surface area is 190 Å². The van der Waals surface area contributed by atoms with E-state index in [2.05, 4.69) is 41.2 Å². The number of allylic oxidation sites excluding steroid dienone is 3. The summed E-state index contributed by atoms with van der Waals surface area (Å²) in [6, 6.07) is 9.31. The summed E-state index contributed by atoms with van der Waals surface area (Å²) in [7, 11) is -0.0842. The van der Waals surface area contributed by atoms with Gasteiger partial charge in [0.05, 0.1) is 12.9 Å². The predicted molar refractivity (Wildman–Crippen MR) is 131 cm³/mol. The van der Waals surface area contributed by atoms with E-state index >= 15 is 0 Å². The van der Waals surface area contributed by atoms with Gasteiger partial charge in [0.15, 0.2) is 5.78 Å². The summed E-state index contributed by atoms with van der Waals surface area (Å²) < 4.78 is 12.3. The summed E-state index contributed by atoms with van der Waals surface area (Å²) in [6.07, 6.45) is 3.78. The Bertz CT molecular complexity index is 857. The minimum absolute atomic E-state index is 0.0302. The van der Waals surface area contributed by atoms with E-state index in [9.17, 15) is 4.79 Å². The zero-order chi connectivity index (χ0) is 22.8. The van der Waals surface area contributed by atoms with Gasteiger partial charge in [-0.05, 0) is 92.4 Å². The first-order valence-electron chi connectivity index (χ1n) is 12.0. The minimum Gasteiger partial charge on any atom is -0.547 e. The van der Waals surface area contributed by atoms with E-state index in [1.54, 1.807) is 7.11 Å². The van der Waals surface area contributed by atoms with Crippen LogP contribution in [0.5, 0.6) is 5.75 Å². The molecule has 3 nitrogen and oxygen atoms in total. The van der Waals surface area contributed by atoms with Crippen molar-refractivity contribution in [2.75, 3.05) is 7.11 Å². The molecule has 0 radical (unpaired) electrons. The van der Waals surface area contributed by atoms with Crippen LogP contribution in [0.2, 0.25) is 18.1 Å². The molecule has 0 bridgehead atoms. The van der Waals surface area contributed by atoms with Crippen molar-refractivity contribution >= 4 is 14.1 Å². The van der Waals surface area contributed by atoms with E-state index in [0.29, 0.717) is 11.7 Å². The maximum absolute atomic E-state index is 13.6. The summed E-state index contributed by atoms with van der Waals surface area (Å²) in [5, 5.41) is 0. The van der Waals surface area contributed by atoms with Crippen LogP contribution in [0.1, 0.15) is 69.8 Å². The molecule has 0 amide bonds. The molecule has 2 aliphatic carbocycles. The molecule has 4 heteroatoms. The van der Waals surface area contributed by atoms with Crippen LogP contribution in [0.4, 0.5) is 0 Å². The number of methoxy groups -OCH3 is 1. The SMILES string of the molecule is C=C(C)[C@H]1CC(O[Si](CC)(CC)CC)=C(C)[C@@H]([C@@H]2CCc3cc(OC)ccc3C2=O)C1. The number of aryl methyl sites for hydroxylation is 1. The van der Waals surface area contributed by atoms with Crippen molar-refractivity contribution in [2.24, 2.45) is 17.8 Å². The monoisotopic (exact) mass is 440 g/mol. The van der Waals surface area contributed by atoms with Gasteiger partial charge in [0.25, 0.3) is 0 Å². The van der Waals surface area contributed by atoms with Crippen LogP contribution in [0, 0.1) is 17.8 Å². The molecule has 170 valence electrons. The molecule has 3 rings (SSSR count). The first kappa shape index (κ1) is 23.8. The van der Waals surface area contributed by atoms with Crippen LogP contribution < -0.4 is 4.74 Å². The summed E-state index contributed by atoms with van der Waals surface area (Å²) in [4.78, 5) is 13.6. The van der Waals surface area contributed by atoms with Gasteiger partial charge in [-0.1, -0.05) is 32.9 Å². The lowest BCUT2D eigenvalue weighted by Crippen LogP contribution is -2.39. The highest BCUT2D eigenvalue weighted by molar-refractivity contribution is 6.73. The molecule has 0 aliphatic heterocycles. The van der Waals surface area contributed by atoms with Crippen molar-refractivity contribution in [3.05, 3.63) is 52.8 Å². The van der Waals surface area contributed by atoms with Gasteiger partial charge in [0.1, 0.15) is 5.75 Å². The van der Waals surface area contributed by atoms with E-state index in [1.165, 1.54) is 16.9 Å². The van der Waals surface area contributed by atoms with Gasteiger partial charge >= 0.3 is 0 Å². The fourth-order valence-electron chi connectivity index (χ4n) is 5.52. The third-order valence-corrected chi connectivity index (χ3v) is 12.6. The van der Waals surface area contributed by atoms with E-state index in [0.717, 1.165) is 60.7 Å². The molecule has 0 saturated heterocycles. The number of hydrogen-bond donors (Lipinski definition) is 0. The standard InChI is InChI=1S/C27H40O3Si/c1-8-31(9-2,10-3)30-26-17-21(18(4)5)16-25(19(26)6)24-13-11-20-15-22(29-7)12-14-23(20)27(24)28/h12,14-15,21,24-25H,4,8-11,13,16-17H2,1-3,5-7H3/t21-,24+,25+/m1/s1. The number of fused-ring (bicyclic) bond motifs is 1. The molecule has 0 N–H and O–H groups in total. The Morgan fingerprint density at radius 2 is 1.84 bits per heavy atom. The fourth-order valence-corrected chi connectivity index (χ4v) is 8.22. The number of carbonyl (C=O) groups is 1. The van der Waals surface area contributed by atoms with Crippen LogP contribution in [-0.4, -0.2) is 21.2 Å². The smallest absolute Gasteiger partial charge is 0.250 e. The highest BCUT2D eigenvalue weighted by Gasteiger charge is 2.41. The summed E-state index contributed by atoms with van der Waals surface area (Å²) in [6.45, 7) is 15.5. The molecule has 3 atom stereocenters. The molecule has 0 aromatic heterocycles. The van der Waals surface area contributed by atoms with Crippen molar-refractivity contribution in [2.45, 2.75) is 78.4 Å². The Balaban J connectivity index is 1.96. The lowest BCUT2D eigenvalue weighted by molar-refractivity contribution is 0.0842. The zero-order valence-corrected chi connectivity index (χ0v) is 21.3. The van der Waals surface area contributed by atoms with E-state index in [4.69, 9.17) is 9.16 Å². The lowest BCUT2D eigenvalue weighted by atomic mass is 9.67. The largest absolute Gasteiger partial charge is 0.547 e. The van der Waals surface area contributed by atoms with Gasteiger partial charge in [-0.3, -0.25) is 4.79 Å². The third kappa shape index (κ3) is 4.69. The number of rotatable bonds is 8. The van der Waals surface area contributed by atoms with Crippen LogP contribution >= 0.6 is 0 Å². The summed E-state index contributed by atoms with van der Waals surface area (Å²) >= 11 is 0. The van der Waals surface area contributed by atoms with Crippen LogP contribution in [0.25, 0.3) is 0 Å². The number of ketones is 1.